The van der Waals surface area contributed by atoms with Gasteiger partial charge in [0.15, 0.2) is 0 Å². The number of benzene rings is 2. The molecule has 0 heterocycles. The zero-order valence-corrected chi connectivity index (χ0v) is 36.6. The molecule has 0 unspecified atom stereocenters. The number of hydrogen-bond donors (Lipinski definition) is 0. The molecule has 0 spiro atoms. The summed E-state index contributed by atoms with van der Waals surface area (Å²) in [5, 5.41) is 0. The van der Waals surface area contributed by atoms with Crippen LogP contribution in [0.5, 0.6) is 0 Å². The number of nitrogens with zero attached hydrogens (tertiary/aromatic N) is 1. The van der Waals surface area contributed by atoms with Gasteiger partial charge in [-0.2, -0.15) is 0 Å². The Hall–Kier alpha value is -2.65. The van der Waals surface area contributed by atoms with Gasteiger partial charge in [0.1, 0.15) is 6.61 Å². The molecule has 0 radical (unpaired) electrons. The van der Waals surface area contributed by atoms with Crippen LogP contribution in [0.3, 0.4) is 0 Å². The molecule has 12 nitrogen and oxygen atoms in total. The zero-order chi connectivity index (χ0) is 41.7. The molecule has 2 aromatic rings. The van der Waals surface area contributed by atoms with E-state index in [1.54, 1.807) is 11.9 Å². The van der Waals surface area contributed by atoms with E-state index in [0.717, 1.165) is 13.0 Å². The van der Waals surface area contributed by atoms with Crippen molar-refractivity contribution >= 4 is 6.09 Å². The minimum atomic E-state index is -0.360. The fourth-order valence-electron chi connectivity index (χ4n) is 6.73. The second kappa shape index (κ2) is 36.0. The largest absolute Gasteiger partial charge is 0.448 e. The first kappa shape index (κ1) is 50.7. The van der Waals surface area contributed by atoms with Crippen LogP contribution in [0.25, 0.3) is 11.1 Å². The highest BCUT2D eigenvalue weighted by atomic mass is 16.6. The van der Waals surface area contributed by atoms with Crippen molar-refractivity contribution in [3.63, 3.8) is 0 Å². The van der Waals surface area contributed by atoms with Gasteiger partial charge in [0.05, 0.1) is 112 Å². The molecule has 12 heteroatoms. The number of fused-ring (bicyclic) bond motifs is 3. The minimum Gasteiger partial charge on any atom is -0.448 e. The van der Waals surface area contributed by atoms with Crippen LogP contribution in [0.2, 0.25) is 0 Å². The van der Waals surface area contributed by atoms with Crippen molar-refractivity contribution in [2.45, 2.75) is 83.5 Å². The number of amides is 1. The number of hydrogen-bond acceptors (Lipinski definition) is 11. The Morgan fingerprint density at radius 3 is 1.15 bits per heavy atom. The summed E-state index contributed by atoms with van der Waals surface area (Å²) in [6.07, 6.45) is 14.5. The normalized spacial score (nSPS) is 12.2. The Balaban J connectivity index is 0.945. The Bertz CT molecular complexity index is 1240. The van der Waals surface area contributed by atoms with Crippen LogP contribution in [0, 0.1) is 0 Å². The first-order valence-corrected chi connectivity index (χ1v) is 22.5. The van der Waals surface area contributed by atoms with Gasteiger partial charge in [0, 0.05) is 26.1 Å². The summed E-state index contributed by atoms with van der Waals surface area (Å²) in [6.45, 7) is 12.5. The molecule has 1 aliphatic rings. The predicted molar refractivity (Wildman–Crippen MR) is 232 cm³/mol. The molecule has 0 saturated heterocycles. The highest BCUT2D eigenvalue weighted by Crippen LogP contribution is 2.44. The second-order valence-corrected chi connectivity index (χ2v) is 14.8. The molecule has 1 amide bonds. The van der Waals surface area contributed by atoms with Gasteiger partial charge in [-0.25, -0.2) is 4.79 Å². The van der Waals surface area contributed by atoms with Gasteiger partial charge >= 0.3 is 6.09 Å². The quantitative estimate of drug-likeness (QED) is 0.0603. The number of unbranched alkanes of at least 4 members (excludes halogenated alkanes) is 10. The van der Waals surface area contributed by atoms with Crippen LogP contribution in [0.1, 0.15) is 94.6 Å². The van der Waals surface area contributed by atoms with Crippen molar-refractivity contribution in [2.24, 2.45) is 0 Å². The van der Waals surface area contributed by atoms with E-state index in [9.17, 15) is 4.79 Å². The Morgan fingerprint density at radius 2 is 0.763 bits per heavy atom. The van der Waals surface area contributed by atoms with Crippen molar-refractivity contribution in [1.29, 1.82) is 0 Å². The molecule has 0 atom stereocenters. The van der Waals surface area contributed by atoms with E-state index in [1.807, 2.05) is 24.3 Å². The fraction of sp³-hybridized carbons (Fsp3) is 0.723. The summed E-state index contributed by atoms with van der Waals surface area (Å²) in [7, 11) is 1.72. The lowest BCUT2D eigenvalue weighted by atomic mass is 9.98. The average Bonchev–Trinajstić information content (AvgIpc) is 3.58. The number of carbonyl (C=O) groups is 1. The Labute approximate surface area is 355 Å². The molecule has 336 valence electrons. The van der Waals surface area contributed by atoms with Gasteiger partial charge < -0.3 is 52.3 Å². The van der Waals surface area contributed by atoms with Crippen LogP contribution < -0.4 is 0 Å². The van der Waals surface area contributed by atoms with Crippen LogP contribution >= 0.6 is 0 Å². The van der Waals surface area contributed by atoms with E-state index in [1.165, 1.54) is 86.5 Å². The Kier molecular flexibility index (Phi) is 31.0. The SMILES string of the molecule is CCCCCCCCCCCCCOCCOCCOCCOCCOCCOCCOCCOCCOCCN(C)C(=O)OCC1c2ccccc2-c2ccccc21. The number of likely N-dealkylation sites (N-methyl/N-ethyl adjacent to an activating group) is 1. The monoisotopic (exact) mass is 832 g/mol. The van der Waals surface area contributed by atoms with Crippen molar-refractivity contribution < 1.29 is 52.2 Å². The lowest BCUT2D eigenvalue weighted by Gasteiger charge is -2.19. The molecular formula is C47H77NO11. The lowest BCUT2D eigenvalue weighted by molar-refractivity contribution is -0.0252. The van der Waals surface area contributed by atoms with E-state index in [-0.39, 0.29) is 12.0 Å². The minimum absolute atomic E-state index is 0.0416. The zero-order valence-electron chi connectivity index (χ0n) is 36.6. The van der Waals surface area contributed by atoms with Crippen molar-refractivity contribution in [1.82, 2.24) is 4.90 Å². The number of ether oxygens (including phenoxy) is 10. The molecule has 59 heavy (non-hydrogen) atoms. The van der Waals surface area contributed by atoms with Gasteiger partial charge in [-0.1, -0.05) is 120 Å². The van der Waals surface area contributed by atoms with Gasteiger partial charge in [-0.15, -0.1) is 0 Å². The standard InChI is InChI=1S/C47H77NO11/c1-3-4-5-6-7-8-9-10-11-12-17-23-50-25-27-52-29-31-54-33-35-56-37-39-58-40-38-57-36-34-55-32-30-53-28-26-51-24-22-48(2)47(49)59-41-46-44-20-15-13-18-42(44)43-19-14-16-21-45(43)46/h13-16,18-21,46H,3-12,17,22-41H2,1-2H3. The third kappa shape index (κ3) is 24.4. The van der Waals surface area contributed by atoms with Gasteiger partial charge in [-0.05, 0) is 28.7 Å². The summed E-state index contributed by atoms with van der Waals surface area (Å²) in [4.78, 5) is 14.2. The van der Waals surface area contributed by atoms with Crippen LogP contribution in [-0.2, 0) is 47.4 Å². The van der Waals surface area contributed by atoms with E-state index in [4.69, 9.17) is 47.4 Å². The van der Waals surface area contributed by atoms with Gasteiger partial charge in [0.25, 0.3) is 0 Å². The maximum absolute atomic E-state index is 12.6. The first-order chi connectivity index (χ1) is 29.2. The van der Waals surface area contributed by atoms with Crippen LogP contribution in [-0.4, -0.2) is 150 Å². The topological polar surface area (TPSA) is 113 Å². The summed E-state index contributed by atoms with van der Waals surface area (Å²) < 4.78 is 55.8. The summed E-state index contributed by atoms with van der Waals surface area (Å²) in [5.74, 6) is 0.0416. The average molecular weight is 832 g/mol. The molecule has 0 N–H and O–H groups in total. The number of rotatable bonds is 41. The molecular weight excluding hydrogens is 755 g/mol. The molecule has 0 aromatic heterocycles. The third-order valence-electron chi connectivity index (χ3n) is 10.1. The van der Waals surface area contributed by atoms with Gasteiger partial charge in [-0.3, -0.25) is 0 Å². The molecule has 1 aliphatic carbocycles. The van der Waals surface area contributed by atoms with E-state index < -0.39 is 0 Å². The summed E-state index contributed by atoms with van der Waals surface area (Å²) in [5.41, 5.74) is 4.81. The van der Waals surface area contributed by atoms with Crippen molar-refractivity contribution in [2.75, 3.05) is 139 Å². The molecule has 0 fully saturated rings. The van der Waals surface area contributed by atoms with E-state index >= 15 is 0 Å². The predicted octanol–water partition coefficient (Wildman–Crippen LogP) is 8.33. The van der Waals surface area contributed by atoms with Crippen LogP contribution in [0.15, 0.2) is 48.5 Å². The molecule has 3 rings (SSSR count). The van der Waals surface area contributed by atoms with Crippen molar-refractivity contribution in [3.8, 4) is 11.1 Å². The van der Waals surface area contributed by atoms with E-state index in [0.29, 0.717) is 125 Å². The lowest BCUT2D eigenvalue weighted by Crippen LogP contribution is -2.32. The molecule has 2 aromatic carbocycles. The van der Waals surface area contributed by atoms with Crippen LogP contribution in [0.4, 0.5) is 4.79 Å². The smallest absolute Gasteiger partial charge is 0.409 e. The fourth-order valence-corrected chi connectivity index (χ4v) is 6.73. The highest BCUT2D eigenvalue weighted by molar-refractivity contribution is 5.79. The molecule has 0 saturated carbocycles. The van der Waals surface area contributed by atoms with E-state index in [2.05, 4.69) is 31.2 Å². The summed E-state index contributed by atoms with van der Waals surface area (Å²) >= 11 is 0. The molecule has 0 aliphatic heterocycles. The highest BCUT2D eigenvalue weighted by Gasteiger charge is 2.29. The van der Waals surface area contributed by atoms with Gasteiger partial charge in [0.2, 0.25) is 0 Å². The van der Waals surface area contributed by atoms with Crippen molar-refractivity contribution in [3.05, 3.63) is 59.7 Å². The third-order valence-corrected chi connectivity index (χ3v) is 10.1. The number of carbonyl (C=O) groups excluding carboxylic acids is 1. The second-order valence-electron chi connectivity index (χ2n) is 14.8. The molecule has 0 bridgehead atoms. The first-order valence-electron chi connectivity index (χ1n) is 22.5. The maximum atomic E-state index is 12.6. The maximum Gasteiger partial charge on any atom is 0.409 e. The summed E-state index contributed by atoms with van der Waals surface area (Å²) in [6, 6.07) is 16.6. The Morgan fingerprint density at radius 1 is 0.441 bits per heavy atom.